The molecule has 2 aromatic rings. The van der Waals surface area contributed by atoms with Crippen molar-refractivity contribution in [3.05, 3.63) is 39.8 Å². The molecule has 1 aliphatic heterocycles. The van der Waals surface area contributed by atoms with Crippen LogP contribution in [0, 0.1) is 0 Å². The zero-order chi connectivity index (χ0) is 19.2. The molecule has 11 heteroatoms. The molecule has 3 N–H and O–H groups in total. The van der Waals surface area contributed by atoms with Crippen molar-refractivity contribution in [2.75, 3.05) is 44.2 Å². The lowest BCUT2D eigenvalue weighted by molar-refractivity contribution is 0.114. The summed E-state index contributed by atoms with van der Waals surface area (Å²) in [4.78, 5) is 12.8. The van der Waals surface area contributed by atoms with Gasteiger partial charge in [0.15, 0.2) is 11.1 Å². The number of nitrogens with zero attached hydrogens (tertiary/aromatic N) is 4. The highest BCUT2D eigenvalue weighted by Crippen LogP contribution is 2.31. The molecule has 3 rings (SSSR count). The third-order valence-corrected chi connectivity index (χ3v) is 5.74. The summed E-state index contributed by atoms with van der Waals surface area (Å²) in [6.07, 6.45) is 1.01. The Kier molecular flexibility index (Phi) is 9.35. The van der Waals surface area contributed by atoms with Crippen LogP contribution in [-0.2, 0) is 0 Å². The molecule has 0 bridgehead atoms. The molecule has 28 heavy (non-hydrogen) atoms. The Morgan fingerprint density at radius 1 is 1.32 bits per heavy atom. The van der Waals surface area contributed by atoms with E-state index in [4.69, 9.17) is 33.7 Å². The van der Waals surface area contributed by atoms with E-state index in [1.807, 2.05) is 16.5 Å². The number of aliphatic hydroxyl groups is 1. The molecular formula is C17H22Cl2IN5O2S. The number of hydrogen-bond donors (Lipinski definition) is 2. The molecule has 1 atom stereocenters. The van der Waals surface area contributed by atoms with Gasteiger partial charge >= 0.3 is 0 Å². The van der Waals surface area contributed by atoms with Gasteiger partial charge in [0.05, 0.1) is 11.6 Å². The van der Waals surface area contributed by atoms with Crippen LogP contribution in [0.4, 0.5) is 5.13 Å². The Bertz CT molecular complexity index is 773. The number of halogens is 3. The second kappa shape index (κ2) is 11.2. The first-order valence-corrected chi connectivity index (χ1v) is 10.1. The van der Waals surface area contributed by atoms with Crippen molar-refractivity contribution < 1.29 is 9.84 Å². The van der Waals surface area contributed by atoms with Crippen LogP contribution in [0.1, 0.15) is 0 Å². The number of hydrogen-bond acceptors (Lipinski definition) is 6. The molecule has 1 fully saturated rings. The summed E-state index contributed by atoms with van der Waals surface area (Å²) in [6.45, 7) is 3.40. The molecule has 1 saturated heterocycles. The summed E-state index contributed by atoms with van der Waals surface area (Å²) in [5, 5.41) is 13.8. The Balaban J connectivity index is 0.00000280. The minimum absolute atomic E-state index is 0. The van der Waals surface area contributed by atoms with Gasteiger partial charge in [-0.05, 0) is 12.1 Å². The number of rotatable bonds is 6. The van der Waals surface area contributed by atoms with E-state index in [0.29, 0.717) is 21.8 Å². The molecule has 0 aliphatic carbocycles. The molecule has 2 heterocycles. The molecule has 0 radical (unpaired) electrons. The quantitative estimate of drug-likeness (QED) is 0.322. The van der Waals surface area contributed by atoms with Crippen molar-refractivity contribution in [1.29, 1.82) is 0 Å². The summed E-state index contributed by atoms with van der Waals surface area (Å²) < 4.78 is 5.51. The fraction of sp³-hybridized carbons (Fsp3) is 0.412. The molecule has 0 amide bonds. The average molecular weight is 558 g/mol. The second-order valence-corrected chi connectivity index (χ2v) is 7.66. The van der Waals surface area contributed by atoms with Gasteiger partial charge < -0.3 is 25.4 Å². The van der Waals surface area contributed by atoms with E-state index in [0.717, 1.165) is 31.3 Å². The zero-order valence-electron chi connectivity index (χ0n) is 15.0. The average Bonchev–Trinajstić information content (AvgIpc) is 3.22. The molecule has 1 aliphatic rings. The number of thiazole rings is 1. The summed E-state index contributed by atoms with van der Waals surface area (Å²) in [6, 6.07) is 5.10. The highest BCUT2D eigenvalue weighted by molar-refractivity contribution is 14.0. The monoisotopic (exact) mass is 557 g/mol. The maximum atomic E-state index is 10.1. The van der Waals surface area contributed by atoms with Crippen LogP contribution < -0.4 is 15.4 Å². The van der Waals surface area contributed by atoms with Crippen LogP contribution in [0.25, 0.3) is 0 Å². The lowest BCUT2D eigenvalue weighted by atomic mass is 10.3. The van der Waals surface area contributed by atoms with Gasteiger partial charge in [0.25, 0.3) is 0 Å². The maximum Gasteiger partial charge on any atom is 0.191 e. The van der Waals surface area contributed by atoms with E-state index in [1.165, 1.54) is 0 Å². The van der Waals surface area contributed by atoms with E-state index >= 15 is 0 Å². The van der Waals surface area contributed by atoms with E-state index in [2.05, 4.69) is 14.9 Å². The van der Waals surface area contributed by atoms with Gasteiger partial charge in [0, 0.05) is 37.8 Å². The van der Waals surface area contributed by atoms with Crippen LogP contribution >= 0.6 is 58.5 Å². The molecule has 1 unspecified atom stereocenters. The Morgan fingerprint density at radius 3 is 2.75 bits per heavy atom. The van der Waals surface area contributed by atoms with E-state index < -0.39 is 6.10 Å². The van der Waals surface area contributed by atoms with Gasteiger partial charge in [-0.2, -0.15) is 0 Å². The third-order valence-electron chi connectivity index (χ3n) is 4.10. The molecular weight excluding hydrogens is 536 g/mol. The summed E-state index contributed by atoms with van der Waals surface area (Å²) >= 11 is 13.6. The SMILES string of the molecule is I.NC(=NCC(O)COc1cccc(Cl)c1Cl)N1CCN(c2nccs2)CC1. The summed E-state index contributed by atoms with van der Waals surface area (Å²) in [7, 11) is 0. The van der Waals surface area contributed by atoms with E-state index in [-0.39, 0.29) is 37.1 Å². The van der Waals surface area contributed by atoms with Crippen molar-refractivity contribution in [2.45, 2.75) is 6.10 Å². The van der Waals surface area contributed by atoms with Crippen molar-refractivity contribution >= 4 is 69.6 Å². The first-order chi connectivity index (χ1) is 13.0. The van der Waals surface area contributed by atoms with Gasteiger partial charge in [-0.1, -0.05) is 29.3 Å². The fourth-order valence-corrected chi connectivity index (χ4v) is 3.68. The molecule has 154 valence electrons. The summed E-state index contributed by atoms with van der Waals surface area (Å²) in [5.74, 6) is 0.854. The maximum absolute atomic E-state index is 10.1. The lowest BCUT2D eigenvalue weighted by Crippen LogP contribution is -2.51. The largest absolute Gasteiger partial charge is 0.489 e. The standard InChI is InChI=1S/C17H21Cl2N5O2S.HI/c18-13-2-1-3-14(15(13)19)26-11-12(25)10-22-16(20)23-5-7-24(8-6-23)17-21-4-9-27-17;/h1-4,9,12,25H,5-8,10-11H2,(H2,20,22);1H. The van der Waals surface area contributed by atoms with Crippen LogP contribution in [0.2, 0.25) is 10.0 Å². The number of benzene rings is 1. The van der Waals surface area contributed by atoms with Gasteiger partial charge in [0.2, 0.25) is 0 Å². The molecule has 0 saturated carbocycles. The minimum atomic E-state index is -0.796. The predicted molar refractivity (Wildman–Crippen MR) is 126 cm³/mol. The number of nitrogens with two attached hydrogens (primary N) is 1. The summed E-state index contributed by atoms with van der Waals surface area (Å²) in [5.41, 5.74) is 6.07. The fourth-order valence-electron chi connectivity index (χ4n) is 2.63. The Morgan fingerprint density at radius 2 is 2.07 bits per heavy atom. The Hall–Kier alpha value is -1.01. The van der Waals surface area contributed by atoms with E-state index in [1.54, 1.807) is 29.5 Å². The number of piperazine rings is 1. The Labute approximate surface area is 195 Å². The molecule has 7 nitrogen and oxygen atoms in total. The molecule has 1 aromatic carbocycles. The number of ether oxygens (including phenoxy) is 1. The first kappa shape index (κ1) is 23.3. The highest BCUT2D eigenvalue weighted by Gasteiger charge is 2.20. The third kappa shape index (κ3) is 6.24. The smallest absolute Gasteiger partial charge is 0.191 e. The van der Waals surface area contributed by atoms with Gasteiger partial charge in [-0.15, -0.1) is 35.3 Å². The van der Waals surface area contributed by atoms with Gasteiger partial charge in [-0.3, -0.25) is 4.99 Å². The number of aliphatic imine (C=N–C) groups is 1. The van der Waals surface area contributed by atoms with Crippen molar-refractivity contribution in [2.24, 2.45) is 10.7 Å². The number of aromatic nitrogens is 1. The van der Waals surface area contributed by atoms with Crippen LogP contribution in [0.3, 0.4) is 0 Å². The van der Waals surface area contributed by atoms with Crippen molar-refractivity contribution in [1.82, 2.24) is 9.88 Å². The van der Waals surface area contributed by atoms with Crippen LogP contribution in [-0.4, -0.2) is 66.4 Å². The topological polar surface area (TPSA) is 87.2 Å². The second-order valence-electron chi connectivity index (χ2n) is 6.00. The first-order valence-electron chi connectivity index (χ1n) is 8.49. The van der Waals surface area contributed by atoms with Gasteiger partial charge in [-0.25, -0.2) is 4.98 Å². The van der Waals surface area contributed by atoms with Crippen molar-refractivity contribution in [3.8, 4) is 5.75 Å². The number of aliphatic hydroxyl groups excluding tert-OH is 1. The normalized spacial score (nSPS) is 15.9. The van der Waals surface area contributed by atoms with Crippen molar-refractivity contribution in [3.63, 3.8) is 0 Å². The van der Waals surface area contributed by atoms with Gasteiger partial charge in [0.1, 0.15) is 23.5 Å². The highest BCUT2D eigenvalue weighted by atomic mass is 127. The zero-order valence-corrected chi connectivity index (χ0v) is 19.7. The van der Waals surface area contributed by atoms with E-state index in [9.17, 15) is 5.11 Å². The minimum Gasteiger partial charge on any atom is -0.489 e. The van der Waals surface area contributed by atoms with Crippen LogP contribution in [0.15, 0.2) is 34.8 Å². The van der Waals surface area contributed by atoms with Crippen LogP contribution in [0.5, 0.6) is 5.75 Å². The molecule has 1 aromatic heterocycles. The predicted octanol–water partition coefficient (Wildman–Crippen LogP) is 2.94. The lowest BCUT2D eigenvalue weighted by Gasteiger charge is -2.35. The number of anilines is 1. The number of guanidine groups is 1. The molecule has 0 spiro atoms.